The maximum Gasteiger partial charge on any atom is 0.305 e. The van der Waals surface area contributed by atoms with E-state index in [9.17, 15) is 9.90 Å². The lowest BCUT2D eigenvalue weighted by Gasteiger charge is -2.10. The lowest BCUT2D eigenvalue weighted by Crippen LogP contribution is -2.14. The van der Waals surface area contributed by atoms with Crippen molar-refractivity contribution in [3.05, 3.63) is 29.8 Å². The van der Waals surface area contributed by atoms with Crippen molar-refractivity contribution in [2.24, 2.45) is 0 Å². The van der Waals surface area contributed by atoms with Crippen LogP contribution in [0.2, 0.25) is 0 Å². The molecule has 0 saturated heterocycles. The predicted molar refractivity (Wildman–Crippen MR) is 68.6 cm³/mol. The zero-order valence-corrected chi connectivity index (χ0v) is 10.9. The number of ether oxygens (including phenoxy) is 2. The minimum absolute atomic E-state index is 0.255. The Labute approximate surface area is 108 Å². The fraction of sp³-hybridized carbons (Fsp3) is 0.500. The van der Waals surface area contributed by atoms with Gasteiger partial charge in [0.15, 0.2) is 0 Å². The molecule has 1 atom stereocenters. The summed E-state index contributed by atoms with van der Waals surface area (Å²) in [5, 5.41) is 9.81. The summed E-state index contributed by atoms with van der Waals surface area (Å²) < 4.78 is 9.86. The molecule has 1 N–H and O–H groups in total. The molecule has 0 spiro atoms. The van der Waals surface area contributed by atoms with E-state index in [0.29, 0.717) is 19.4 Å². The summed E-state index contributed by atoms with van der Waals surface area (Å²) in [7, 11) is 1.61. The van der Waals surface area contributed by atoms with Crippen LogP contribution < -0.4 is 4.74 Å². The number of hydrogen-bond donors (Lipinski definition) is 1. The van der Waals surface area contributed by atoms with Crippen molar-refractivity contribution in [3.63, 3.8) is 0 Å². The second-order valence-corrected chi connectivity index (χ2v) is 4.05. The Morgan fingerprint density at radius 1 is 1.33 bits per heavy atom. The predicted octanol–water partition coefficient (Wildman–Crippen LogP) is 1.94. The Morgan fingerprint density at radius 3 is 2.56 bits per heavy atom. The molecule has 0 aliphatic rings. The van der Waals surface area contributed by atoms with Gasteiger partial charge in [0.1, 0.15) is 5.75 Å². The first-order valence-corrected chi connectivity index (χ1v) is 6.12. The van der Waals surface area contributed by atoms with Gasteiger partial charge >= 0.3 is 5.97 Å². The number of carbonyl (C=O) groups is 1. The molecule has 0 radical (unpaired) electrons. The smallest absolute Gasteiger partial charge is 0.305 e. The average Bonchev–Trinajstić information content (AvgIpc) is 2.38. The molecule has 4 heteroatoms. The molecule has 0 heterocycles. The molecule has 1 aromatic rings. The van der Waals surface area contributed by atoms with Gasteiger partial charge in [0.2, 0.25) is 0 Å². The summed E-state index contributed by atoms with van der Waals surface area (Å²) in [5.74, 6) is 0.533. The Balaban J connectivity index is 2.34. The standard InChI is InChI=1S/C14H20O4/c1-3-18-14(16)9-6-12(15)10-11-4-7-13(17-2)8-5-11/h4-5,7-8,12,15H,3,6,9-10H2,1-2H3/t12-/m0/s1. The Kier molecular flexibility index (Phi) is 6.22. The molecule has 0 saturated carbocycles. The number of esters is 1. The van der Waals surface area contributed by atoms with Gasteiger partial charge in [0, 0.05) is 6.42 Å². The third-order valence-electron chi connectivity index (χ3n) is 2.62. The van der Waals surface area contributed by atoms with Crippen LogP contribution in [0, 0.1) is 0 Å². The van der Waals surface area contributed by atoms with Crippen LogP contribution in [-0.4, -0.2) is 30.9 Å². The third-order valence-corrected chi connectivity index (χ3v) is 2.62. The zero-order valence-electron chi connectivity index (χ0n) is 10.9. The van der Waals surface area contributed by atoms with Gasteiger partial charge in [-0.1, -0.05) is 12.1 Å². The van der Waals surface area contributed by atoms with Crippen LogP contribution in [0.5, 0.6) is 5.75 Å². The van der Waals surface area contributed by atoms with Crippen molar-refractivity contribution in [1.29, 1.82) is 0 Å². The number of carbonyl (C=O) groups excluding carboxylic acids is 1. The number of methoxy groups -OCH3 is 1. The highest BCUT2D eigenvalue weighted by Gasteiger charge is 2.09. The molecule has 0 aliphatic carbocycles. The van der Waals surface area contributed by atoms with Crippen molar-refractivity contribution in [2.45, 2.75) is 32.3 Å². The first kappa shape index (κ1) is 14.5. The first-order valence-electron chi connectivity index (χ1n) is 6.12. The second-order valence-electron chi connectivity index (χ2n) is 4.05. The van der Waals surface area contributed by atoms with Gasteiger partial charge in [0.05, 0.1) is 19.8 Å². The lowest BCUT2D eigenvalue weighted by molar-refractivity contribution is -0.143. The van der Waals surface area contributed by atoms with Crippen molar-refractivity contribution in [1.82, 2.24) is 0 Å². The number of rotatable bonds is 7. The summed E-state index contributed by atoms with van der Waals surface area (Å²) in [4.78, 5) is 11.1. The fourth-order valence-electron chi connectivity index (χ4n) is 1.65. The van der Waals surface area contributed by atoms with Crippen LogP contribution in [0.3, 0.4) is 0 Å². The normalized spacial score (nSPS) is 11.9. The van der Waals surface area contributed by atoms with E-state index < -0.39 is 6.10 Å². The summed E-state index contributed by atoms with van der Waals surface area (Å²) in [5.41, 5.74) is 1.02. The average molecular weight is 252 g/mol. The third kappa shape index (κ3) is 5.19. The Morgan fingerprint density at radius 2 is 2.00 bits per heavy atom. The molecule has 0 amide bonds. The Bertz CT molecular complexity index is 359. The molecule has 0 aromatic heterocycles. The van der Waals surface area contributed by atoms with Crippen molar-refractivity contribution in [3.8, 4) is 5.75 Å². The molecule has 0 unspecified atom stereocenters. The monoisotopic (exact) mass is 252 g/mol. The molecule has 0 fully saturated rings. The number of benzene rings is 1. The van der Waals surface area contributed by atoms with Crippen LogP contribution >= 0.6 is 0 Å². The molecule has 100 valence electrons. The van der Waals surface area contributed by atoms with Gasteiger partial charge in [-0.2, -0.15) is 0 Å². The quantitative estimate of drug-likeness (QED) is 0.753. The van der Waals surface area contributed by atoms with Crippen LogP contribution in [0.4, 0.5) is 0 Å². The molecular weight excluding hydrogens is 232 g/mol. The first-order chi connectivity index (χ1) is 8.65. The van der Waals surface area contributed by atoms with Gasteiger partial charge in [-0.25, -0.2) is 0 Å². The molecule has 4 nitrogen and oxygen atoms in total. The van der Waals surface area contributed by atoms with E-state index >= 15 is 0 Å². The summed E-state index contributed by atoms with van der Waals surface area (Å²) in [6, 6.07) is 7.53. The second kappa shape index (κ2) is 7.71. The van der Waals surface area contributed by atoms with Crippen LogP contribution in [0.25, 0.3) is 0 Å². The minimum Gasteiger partial charge on any atom is -0.497 e. The van der Waals surface area contributed by atoms with E-state index in [1.54, 1.807) is 14.0 Å². The van der Waals surface area contributed by atoms with E-state index in [-0.39, 0.29) is 12.4 Å². The molecule has 18 heavy (non-hydrogen) atoms. The summed E-state index contributed by atoms with van der Waals surface area (Å²) >= 11 is 0. The largest absolute Gasteiger partial charge is 0.497 e. The fourth-order valence-corrected chi connectivity index (χ4v) is 1.65. The SMILES string of the molecule is CCOC(=O)CC[C@H](O)Cc1ccc(OC)cc1. The van der Waals surface area contributed by atoms with Crippen LogP contribution in [-0.2, 0) is 16.0 Å². The van der Waals surface area contributed by atoms with Gasteiger partial charge in [0.25, 0.3) is 0 Å². The highest BCUT2D eigenvalue weighted by atomic mass is 16.5. The van der Waals surface area contributed by atoms with E-state index in [2.05, 4.69) is 0 Å². The number of aliphatic hydroxyl groups excluding tert-OH is 1. The molecule has 1 aromatic carbocycles. The van der Waals surface area contributed by atoms with Gasteiger partial charge in [-0.3, -0.25) is 4.79 Å². The molecule has 0 aliphatic heterocycles. The van der Waals surface area contributed by atoms with E-state index in [4.69, 9.17) is 9.47 Å². The lowest BCUT2D eigenvalue weighted by atomic mass is 10.0. The molecule has 0 bridgehead atoms. The molecule has 1 rings (SSSR count). The topological polar surface area (TPSA) is 55.8 Å². The van der Waals surface area contributed by atoms with Crippen LogP contribution in [0.1, 0.15) is 25.3 Å². The van der Waals surface area contributed by atoms with E-state index in [0.717, 1.165) is 11.3 Å². The van der Waals surface area contributed by atoms with Crippen molar-refractivity contribution < 1.29 is 19.4 Å². The van der Waals surface area contributed by atoms with Gasteiger partial charge < -0.3 is 14.6 Å². The van der Waals surface area contributed by atoms with E-state index in [1.165, 1.54) is 0 Å². The van der Waals surface area contributed by atoms with Crippen molar-refractivity contribution in [2.75, 3.05) is 13.7 Å². The Hall–Kier alpha value is -1.55. The maximum absolute atomic E-state index is 11.1. The van der Waals surface area contributed by atoms with Gasteiger partial charge in [-0.15, -0.1) is 0 Å². The van der Waals surface area contributed by atoms with E-state index in [1.807, 2.05) is 24.3 Å². The minimum atomic E-state index is -0.525. The highest BCUT2D eigenvalue weighted by Crippen LogP contribution is 2.14. The van der Waals surface area contributed by atoms with Gasteiger partial charge in [-0.05, 0) is 37.5 Å². The van der Waals surface area contributed by atoms with Crippen molar-refractivity contribution >= 4 is 5.97 Å². The summed E-state index contributed by atoms with van der Waals surface area (Å²) in [6.07, 6.45) is 0.683. The maximum atomic E-state index is 11.1. The molecular formula is C14H20O4. The highest BCUT2D eigenvalue weighted by molar-refractivity contribution is 5.69. The number of hydrogen-bond acceptors (Lipinski definition) is 4. The number of aliphatic hydroxyl groups is 1. The summed E-state index contributed by atoms with van der Waals surface area (Å²) in [6.45, 7) is 2.15. The zero-order chi connectivity index (χ0) is 13.4. The van der Waals surface area contributed by atoms with Crippen LogP contribution in [0.15, 0.2) is 24.3 Å².